The Labute approximate surface area is 108 Å². The van der Waals surface area contributed by atoms with Crippen molar-refractivity contribution in [1.29, 1.82) is 0 Å². The van der Waals surface area contributed by atoms with E-state index in [1.165, 1.54) is 5.56 Å². The lowest BCUT2D eigenvalue weighted by Crippen LogP contribution is -1.96. The molecule has 0 unspecified atom stereocenters. The van der Waals surface area contributed by atoms with Crippen LogP contribution in [0.15, 0.2) is 42.5 Å². The van der Waals surface area contributed by atoms with E-state index in [0.29, 0.717) is 0 Å². The van der Waals surface area contributed by atoms with Gasteiger partial charge in [-0.15, -0.1) is 0 Å². The van der Waals surface area contributed by atoms with Gasteiger partial charge in [0, 0.05) is 5.56 Å². The lowest BCUT2D eigenvalue weighted by Gasteiger charge is -2.07. The molecule has 2 aromatic carbocycles. The number of hydrogen-bond acceptors (Lipinski definition) is 1. The first-order valence-electron chi connectivity index (χ1n) is 6.32. The van der Waals surface area contributed by atoms with E-state index in [9.17, 15) is 4.79 Å². The van der Waals surface area contributed by atoms with Gasteiger partial charge in [-0.2, -0.15) is 0 Å². The maximum absolute atomic E-state index is 11.6. The minimum Gasteiger partial charge on any atom is -0.295 e. The maximum Gasteiger partial charge on any atom is 0.160 e. The number of carbonyl (C=O) groups is 1. The van der Waals surface area contributed by atoms with Crippen molar-refractivity contribution >= 4 is 5.78 Å². The number of benzene rings is 2. The number of carbonyl (C=O) groups excluding carboxylic acids is 1. The van der Waals surface area contributed by atoms with Gasteiger partial charge in [0.05, 0.1) is 0 Å². The third-order valence-corrected chi connectivity index (χ3v) is 3.31. The second-order valence-corrected chi connectivity index (χ2v) is 4.64. The van der Waals surface area contributed by atoms with E-state index in [4.69, 9.17) is 0 Å². The molecule has 0 fully saturated rings. The van der Waals surface area contributed by atoms with Gasteiger partial charge < -0.3 is 0 Å². The summed E-state index contributed by atoms with van der Waals surface area (Å²) in [6.45, 7) is 5.74. The van der Waals surface area contributed by atoms with E-state index >= 15 is 0 Å². The van der Waals surface area contributed by atoms with E-state index in [-0.39, 0.29) is 5.78 Å². The van der Waals surface area contributed by atoms with Crippen LogP contribution < -0.4 is 0 Å². The first-order valence-corrected chi connectivity index (χ1v) is 6.32. The standard InChI is InChI=1S/C17H18O/c1-4-14-6-9-15(10-7-14)16-8-5-12(2)17(11-16)13(3)18/h5-11H,4H2,1-3H3. The van der Waals surface area contributed by atoms with Crippen molar-refractivity contribution in [2.75, 3.05) is 0 Å². The van der Waals surface area contributed by atoms with Crippen molar-refractivity contribution < 1.29 is 4.79 Å². The Bertz CT molecular complexity index is 565. The molecule has 0 saturated heterocycles. The van der Waals surface area contributed by atoms with Crippen molar-refractivity contribution in [3.8, 4) is 11.1 Å². The summed E-state index contributed by atoms with van der Waals surface area (Å²) < 4.78 is 0. The first-order chi connectivity index (χ1) is 8.61. The number of ketones is 1. The number of rotatable bonds is 3. The fourth-order valence-corrected chi connectivity index (χ4v) is 2.11. The Morgan fingerprint density at radius 2 is 1.61 bits per heavy atom. The molecule has 0 heterocycles. The van der Waals surface area contributed by atoms with Gasteiger partial charge in [0.1, 0.15) is 0 Å². The van der Waals surface area contributed by atoms with Crippen molar-refractivity contribution in [2.24, 2.45) is 0 Å². The molecule has 2 rings (SSSR count). The van der Waals surface area contributed by atoms with Crippen molar-refractivity contribution in [2.45, 2.75) is 27.2 Å². The Balaban J connectivity index is 2.44. The zero-order valence-corrected chi connectivity index (χ0v) is 11.2. The molecule has 0 atom stereocenters. The second kappa shape index (κ2) is 5.18. The van der Waals surface area contributed by atoms with E-state index in [1.807, 2.05) is 19.1 Å². The molecule has 0 N–H and O–H groups in total. The van der Waals surface area contributed by atoms with Crippen LogP contribution in [0.25, 0.3) is 11.1 Å². The summed E-state index contributed by atoms with van der Waals surface area (Å²) >= 11 is 0. The minimum absolute atomic E-state index is 0.125. The normalized spacial score (nSPS) is 10.4. The van der Waals surface area contributed by atoms with E-state index in [1.54, 1.807) is 6.92 Å². The molecule has 0 radical (unpaired) electrons. The van der Waals surface area contributed by atoms with E-state index in [2.05, 4.69) is 37.3 Å². The smallest absolute Gasteiger partial charge is 0.160 e. The summed E-state index contributed by atoms with van der Waals surface area (Å²) in [5.41, 5.74) is 5.45. The van der Waals surface area contributed by atoms with Gasteiger partial charge in [-0.3, -0.25) is 4.79 Å². The van der Waals surface area contributed by atoms with Crippen LogP contribution in [0.4, 0.5) is 0 Å². The van der Waals surface area contributed by atoms with Crippen LogP contribution in [-0.2, 0) is 6.42 Å². The van der Waals surface area contributed by atoms with Crippen LogP contribution in [0.2, 0.25) is 0 Å². The third kappa shape index (κ3) is 2.51. The Morgan fingerprint density at radius 1 is 1.00 bits per heavy atom. The summed E-state index contributed by atoms with van der Waals surface area (Å²) in [5, 5.41) is 0. The summed E-state index contributed by atoms with van der Waals surface area (Å²) in [7, 11) is 0. The maximum atomic E-state index is 11.6. The van der Waals surface area contributed by atoms with Crippen LogP contribution in [0.3, 0.4) is 0 Å². The topological polar surface area (TPSA) is 17.1 Å². The lowest BCUT2D eigenvalue weighted by atomic mass is 9.97. The highest BCUT2D eigenvalue weighted by Crippen LogP contribution is 2.23. The van der Waals surface area contributed by atoms with Crippen LogP contribution >= 0.6 is 0 Å². The predicted molar refractivity (Wildman–Crippen MR) is 76.0 cm³/mol. The van der Waals surface area contributed by atoms with Gasteiger partial charge in [0.15, 0.2) is 5.78 Å². The number of Topliss-reactive ketones (excluding diaryl/α,β-unsaturated/α-hetero) is 1. The summed E-state index contributed by atoms with van der Waals surface area (Å²) in [4.78, 5) is 11.6. The quantitative estimate of drug-likeness (QED) is 0.723. The molecule has 0 aliphatic carbocycles. The fraction of sp³-hybridized carbons (Fsp3) is 0.235. The first kappa shape index (κ1) is 12.6. The summed E-state index contributed by atoms with van der Waals surface area (Å²) in [5.74, 6) is 0.125. The van der Waals surface area contributed by atoms with Crippen LogP contribution in [0, 0.1) is 6.92 Å². The molecule has 0 saturated carbocycles. The highest BCUT2D eigenvalue weighted by Gasteiger charge is 2.06. The van der Waals surface area contributed by atoms with Gasteiger partial charge in [0.2, 0.25) is 0 Å². The number of aryl methyl sites for hydroxylation is 2. The van der Waals surface area contributed by atoms with Gasteiger partial charge in [-0.25, -0.2) is 0 Å². The van der Waals surface area contributed by atoms with Gasteiger partial charge >= 0.3 is 0 Å². The lowest BCUT2D eigenvalue weighted by molar-refractivity contribution is 0.101. The zero-order chi connectivity index (χ0) is 13.1. The molecule has 0 spiro atoms. The van der Waals surface area contributed by atoms with E-state index in [0.717, 1.165) is 28.7 Å². The Morgan fingerprint density at radius 3 is 2.17 bits per heavy atom. The average molecular weight is 238 g/mol. The summed E-state index contributed by atoms with van der Waals surface area (Å²) in [6.07, 6.45) is 1.05. The van der Waals surface area contributed by atoms with Crippen LogP contribution in [0.1, 0.15) is 35.3 Å². The van der Waals surface area contributed by atoms with Gasteiger partial charge in [-0.05, 0) is 48.6 Å². The van der Waals surface area contributed by atoms with Crippen LogP contribution in [0.5, 0.6) is 0 Å². The monoisotopic (exact) mass is 238 g/mol. The SMILES string of the molecule is CCc1ccc(-c2ccc(C)c(C(C)=O)c2)cc1. The molecule has 1 nitrogen and oxygen atoms in total. The highest BCUT2D eigenvalue weighted by molar-refractivity contribution is 5.96. The van der Waals surface area contributed by atoms with Gasteiger partial charge in [0.25, 0.3) is 0 Å². The van der Waals surface area contributed by atoms with Crippen molar-refractivity contribution in [1.82, 2.24) is 0 Å². The molecule has 0 amide bonds. The zero-order valence-electron chi connectivity index (χ0n) is 11.2. The Hall–Kier alpha value is -1.89. The van der Waals surface area contributed by atoms with Crippen molar-refractivity contribution in [3.63, 3.8) is 0 Å². The minimum atomic E-state index is 0.125. The molecule has 0 aliphatic heterocycles. The number of hydrogen-bond donors (Lipinski definition) is 0. The fourth-order valence-electron chi connectivity index (χ4n) is 2.11. The molecule has 0 bridgehead atoms. The molecular formula is C17H18O. The molecule has 18 heavy (non-hydrogen) atoms. The highest BCUT2D eigenvalue weighted by atomic mass is 16.1. The third-order valence-electron chi connectivity index (χ3n) is 3.31. The Kier molecular flexibility index (Phi) is 3.61. The largest absolute Gasteiger partial charge is 0.295 e. The van der Waals surface area contributed by atoms with Gasteiger partial charge in [-0.1, -0.05) is 43.3 Å². The molecular weight excluding hydrogens is 220 g/mol. The molecule has 0 aromatic heterocycles. The predicted octanol–water partition coefficient (Wildman–Crippen LogP) is 4.43. The van der Waals surface area contributed by atoms with E-state index < -0.39 is 0 Å². The molecule has 0 aliphatic rings. The molecule has 1 heteroatoms. The molecule has 92 valence electrons. The average Bonchev–Trinajstić information content (AvgIpc) is 2.39. The van der Waals surface area contributed by atoms with Crippen molar-refractivity contribution in [3.05, 3.63) is 59.2 Å². The molecule has 2 aromatic rings. The second-order valence-electron chi connectivity index (χ2n) is 4.64. The van der Waals surface area contributed by atoms with Crippen LogP contribution in [-0.4, -0.2) is 5.78 Å². The summed E-state index contributed by atoms with van der Waals surface area (Å²) in [6, 6.07) is 14.6.